The average molecular weight is 250 g/mol. The zero-order valence-corrected chi connectivity index (χ0v) is 10.7. The first-order valence-corrected chi connectivity index (χ1v) is 6.29. The number of carbonyl (C=O) groups is 1. The van der Waals surface area contributed by atoms with Crippen LogP contribution >= 0.6 is 0 Å². The van der Waals surface area contributed by atoms with Gasteiger partial charge >= 0.3 is 0 Å². The Labute approximate surface area is 111 Å². The highest BCUT2D eigenvalue weighted by molar-refractivity contribution is 5.89. The lowest BCUT2D eigenvalue weighted by atomic mass is 10.0. The van der Waals surface area contributed by atoms with Crippen LogP contribution in [0.4, 0.5) is 0 Å². The van der Waals surface area contributed by atoms with E-state index in [-0.39, 0.29) is 0 Å². The van der Waals surface area contributed by atoms with Gasteiger partial charge in [0, 0.05) is 10.9 Å². The van der Waals surface area contributed by atoms with Crippen molar-refractivity contribution in [2.45, 2.75) is 13.3 Å². The van der Waals surface area contributed by atoms with Crippen LogP contribution < -0.4 is 0 Å². The SMILES string of the molecule is Cc1c(C=O)oc2ccc(Cc3ccccc3)cc12. The zero-order chi connectivity index (χ0) is 13.2. The van der Waals surface area contributed by atoms with E-state index in [1.54, 1.807) is 0 Å². The average Bonchev–Trinajstić information content (AvgIpc) is 2.77. The van der Waals surface area contributed by atoms with Crippen molar-refractivity contribution >= 4 is 17.3 Å². The van der Waals surface area contributed by atoms with Crippen LogP contribution in [0.5, 0.6) is 0 Å². The molecule has 0 aliphatic rings. The number of carbonyl (C=O) groups excluding carboxylic acids is 1. The maximum atomic E-state index is 10.9. The Hall–Kier alpha value is -2.35. The minimum Gasteiger partial charge on any atom is -0.453 e. The highest BCUT2D eigenvalue weighted by atomic mass is 16.3. The fourth-order valence-electron chi connectivity index (χ4n) is 2.34. The van der Waals surface area contributed by atoms with E-state index < -0.39 is 0 Å². The van der Waals surface area contributed by atoms with E-state index in [1.165, 1.54) is 11.1 Å². The maximum absolute atomic E-state index is 10.9. The van der Waals surface area contributed by atoms with E-state index in [4.69, 9.17) is 4.42 Å². The molecule has 0 N–H and O–H groups in total. The van der Waals surface area contributed by atoms with Gasteiger partial charge < -0.3 is 4.42 Å². The topological polar surface area (TPSA) is 30.2 Å². The summed E-state index contributed by atoms with van der Waals surface area (Å²) < 4.78 is 5.49. The molecular formula is C17H14O2. The van der Waals surface area contributed by atoms with E-state index in [2.05, 4.69) is 18.2 Å². The molecule has 2 aromatic carbocycles. The first-order chi connectivity index (χ1) is 9.28. The summed E-state index contributed by atoms with van der Waals surface area (Å²) in [4.78, 5) is 10.9. The van der Waals surface area contributed by atoms with Gasteiger partial charge in [0.25, 0.3) is 0 Å². The van der Waals surface area contributed by atoms with Gasteiger partial charge in [0.1, 0.15) is 5.58 Å². The fraction of sp³-hybridized carbons (Fsp3) is 0.118. The number of furan rings is 1. The summed E-state index contributed by atoms with van der Waals surface area (Å²) in [6.45, 7) is 1.92. The first-order valence-electron chi connectivity index (χ1n) is 6.29. The summed E-state index contributed by atoms with van der Waals surface area (Å²) in [6, 6.07) is 16.4. The zero-order valence-electron chi connectivity index (χ0n) is 10.7. The van der Waals surface area contributed by atoms with E-state index in [1.807, 2.05) is 37.3 Å². The number of aryl methyl sites for hydroxylation is 1. The molecule has 0 aliphatic carbocycles. The van der Waals surface area contributed by atoms with E-state index in [0.717, 1.165) is 29.2 Å². The van der Waals surface area contributed by atoms with Crippen molar-refractivity contribution in [2.24, 2.45) is 0 Å². The van der Waals surface area contributed by atoms with Crippen LogP contribution in [0.2, 0.25) is 0 Å². The third-order valence-electron chi connectivity index (χ3n) is 3.40. The quantitative estimate of drug-likeness (QED) is 0.654. The maximum Gasteiger partial charge on any atom is 0.185 e. The molecule has 0 radical (unpaired) electrons. The van der Waals surface area contributed by atoms with Gasteiger partial charge in [-0.05, 0) is 36.6 Å². The summed E-state index contributed by atoms with van der Waals surface area (Å²) in [7, 11) is 0. The number of rotatable bonds is 3. The highest BCUT2D eigenvalue weighted by Crippen LogP contribution is 2.26. The van der Waals surface area contributed by atoms with Crippen molar-refractivity contribution in [1.82, 2.24) is 0 Å². The second-order valence-corrected chi connectivity index (χ2v) is 4.70. The summed E-state index contributed by atoms with van der Waals surface area (Å²) >= 11 is 0. The molecule has 94 valence electrons. The normalized spacial score (nSPS) is 10.8. The number of benzene rings is 2. The molecule has 19 heavy (non-hydrogen) atoms. The largest absolute Gasteiger partial charge is 0.453 e. The molecule has 0 amide bonds. The van der Waals surface area contributed by atoms with Gasteiger partial charge in [-0.15, -0.1) is 0 Å². The number of hydrogen-bond donors (Lipinski definition) is 0. The first kappa shape index (κ1) is 11.7. The molecule has 3 aromatic rings. The Morgan fingerprint density at radius 3 is 2.58 bits per heavy atom. The lowest BCUT2D eigenvalue weighted by Gasteiger charge is -2.02. The van der Waals surface area contributed by atoms with Gasteiger partial charge in [0.2, 0.25) is 0 Å². The van der Waals surface area contributed by atoms with Crippen LogP contribution in [0, 0.1) is 6.92 Å². The van der Waals surface area contributed by atoms with Crippen LogP contribution in [0.3, 0.4) is 0 Å². The third-order valence-corrected chi connectivity index (χ3v) is 3.40. The summed E-state index contributed by atoms with van der Waals surface area (Å²) in [5.74, 6) is 0.423. The second-order valence-electron chi connectivity index (χ2n) is 4.70. The molecule has 0 unspecified atom stereocenters. The highest BCUT2D eigenvalue weighted by Gasteiger charge is 2.10. The third kappa shape index (κ3) is 2.17. The van der Waals surface area contributed by atoms with Gasteiger partial charge in [-0.1, -0.05) is 36.4 Å². The van der Waals surface area contributed by atoms with Crippen LogP contribution in [-0.4, -0.2) is 6.29 Å². The van der Waals surface area contributed by atoms with Crippen molar-refractivity contribution in [3.05, 3.63) is 71.0 Å². The molecule has 3 rings (SSSR count). The number of fused-ring (bicyclic) bond motifs is 1. The Balaban J connectivity index is 2.02. The van der Waals surface area contributed by atoms with Crippen molar-refractivity contribution in [3.63, 3.8) is 0 Å². The Bertz CT molecular complexity index is 724. The molecule has 1 aromatic heterocycles. The molecule has 2 nitrogen and oxygen atoms in total. The van der Waals surface area contributed by atoms with Gasteiger partial charge in [-0.2, -0.15) is 0 Å². The van der Waals surface area contributed by atoms with E-state index >= 15 is 0 Å². The van der Waals surface area contributed by atoms with Crippen LogP contribution in [0.25, 0.3) is 11.0 Å². The van der Waals surface area contributed by atoms with Gasteiger partial charge in [0.15, 0.2) is 12.0 Å². The molecule has 2 heteroatoms. The minimum absolute atomic E-state index is 0.423. The second kappa shape index (κ2) is 4.73. The van der Waals surface area contributed by atoms with Gasteiger partial charge in [0.05, 0.1) is 0 Å². The Morgan fingerprint density at radius 2 is 1.84 bits per heavy atom. The molecule has 0 aliphatic heterocycles. The monoisotopic (exact) mass is 250 g/mol. The summed E-state index contributed by atoms with van der Waals surface area (Å²) in [5, 5.41) is 1.02. The van der Waals surface area contributed by atoms with Crippen molar-refractivity contribution in [2.75, 3.05) is 0 Å². The molecule has 0 bridgehead atoms. The van der Waals surface area contributed by atoms with Gasteiger partial charge in [-0.3, -0.25) is 4.79 Å². The summed E-state index contributed by atoms with van der Waals surface area (Å²) in [6.07, 6.45) is 1.66. The molecule has 0 spiro atoms. The van der Waals surface area contributed by atoms with Crippen LogP contribution in [-0.2, 0) is 6.42 Å². The van der Waals surface area contributed by atoms with E-state index in [0.29, 0.717) is 5.76 Å². The molecule has 0 saturated heterocycles. The fourth-order valence-corrected chi connectivity index (χ4v) is 2.34. The summed E-state index contributed by atoms with van der Waals surface area (Å²) in [5.41, 5.74) is 4.19. The van der Waals surface area contributed by atoms with Crippen molar-refractivity contribution in [3.8, 4) is 0 Å². The molecule has 0 fully saturated rings. The van der Waals surface area contributed by atoms with E-state index in [9.17, 15) is 4.79 Å². The lowest BCUT2D eigenvalue weighted by molar-refractivity contribution is 0.110. The van der Waals surface area contributed by atoms with Crippen LogP contribution in [0.1, 0.15) is 27.2 Å². The molecular weight excluding hydrogens is 236 g/mol. The number of hydrogen-bond acceptors (Lipinski definition) is 2. The molecule has 0 saturated carbocycles. The Kier molecular flexibility index (Phi) is 2.92. The number of aldehydes is 1. The minimum atomic E-state index is 0.423. The standard InChI is InChI=1S/C17H14O2/c1-12-15-10-14(9-13-5-3-2-4-6-13)7-8-16(15)19-17(12)11-18/h2-8,10-11H,9H2,1H3. The van der Waals surface area contributed by atoms with Gasteiger partial charge in [-0.25, -0.2) is 0 Å². The van der Waals surface area contributed by atoms with Crippen LogP contribution in [0.15, 0.2) is 52.9 Å². The van der Waals surface area contributed by atoms with Crippen molar-refractivity contribution < 1.29 is 9.21 Å². The Morgan fingerprint density at radius 1 is 1.05 bits per heavy atom. The van der Waals surface area contributed by atoms with Crippen molar-refractivity contribution in [1.29, 1.82) is 0 Å². The molecule has 0 atom stereocenters. The smallest absolute Gasteiger partial charge is 0.185 e. The molecule has 1 heterocycles. The predicted molar refractivity (Wildman–Crippen MR) is 75.6 cm³/mol. The lowest BCUT2D eigenvalue weighted by Crippen LogP contribution is -1.87. The predicted octanol–water partition coefficient (Wildman–Crippen LogP) is 4.14.